The molecule has 1 fully saturated rings. The Kier molecular flexibility index (Phi) is 3.55. The molecule has 1 aliphatic heterocycles. The average molecular weight is 196 g/mol. The van der Waals surface area contributed by atoms with Gasteiger partial charge in [-0.25, -0.2) is 0 Å². The van der Waals surface area contributed by atoms with Gasteiger partial charge in [-0.05, 0) is 33.0 Å². The molecular formula is C8H15F3N2. The second-order valence-electron chi connectivity index (χ2n) is 3.57. The van der Waals surface area contributed by atoms with Crippen molar-refractivity contribution in [2.45, 2.75) is 25.1 Å². The van der Waals surface area contributed by atoms with Crippen molar-refractivity contribution in [1.82, 2.24) is 10.2 Å². The minimum atomic E-state index is -4.08. The highest BCUT2D eigenvalue weighted by Crippen LogP contribution is 2.15. The third kappa shape index (κ3) is 4.47. The largest absolute Gasteiger partial charge is 0.401 e. The lowest BCUT2D eigenvalue weighted by molar-refractivity contribution is -0.126. The van der Waals surface area contributed by atoms with Crippen LogP contribution in [0, 0.1) is 0 Å². The summed E-state index contributed by atoms with van der Waals surface area (Å²) < 4.78 is 35.4. The zero-order valence-electron chi connectivity index (χ0n) is 7.69. The second-order valence-corrected chi connectivity index (χ2v) is 3.57. The Morgan fingerprint density at radius 3 is 2.31 bits per heavy atom. The van der Waals surface area contributed by atoms with Crippen molar-refractivity contribution >= 4 is 0 Å². The highest BCUT2D eigenvalue weighted by molar-refractivity contribution is 4.76. The van der Waals surface area contributed by atoms with Crippen molar-refractivity contribution in [3.63, 3.8) is 0 Å². The predicted octanol–water partition coefficient (Wildman–Crippen LogP) is 1.23. The van der Waals surface area contributed by atoms with Gasteiger partial charge in [0.1, 0.15) is 0 Å². The number of alkyl halides is 3. The van der Waals surface area contributed by atoms with Crippen molar-refractivity contribution in [2.24, 2.45) is 0 Å². The minimum Gasteiger partial charge on any atom is -0.306 e. The standard InChI is InChI=1S/C8H15F3N2/c1-13-4-2-7(3-5-13)12-6-8(9,10)11/h7,12H,2-6H2,1H3. The summed E-state index contributed by atoms with van der Waals surface area (Å²) >= 11 is 0. The summed E-state index contributed by atoms with van der Waals surface area (Å²) in [5.74, 6) is 0. The summed E-state index contributed by atoms with van der Waals surface area (Å²) in [7, 11) is 1.99. The molecule has 0 unspecified atom stereocenters. The van der Waals surface area contributed by atoms with Crippen LogP contribution in [-0.2, 0) is 0 Å². The predicted molar refractivity (Wildman–Crippen MR) is 44.6 cm³/mol. The lowest BCUT2D eigenvalue weighted by atomic mass is 10.1. The van der Waals surface area contributed by atoms with E-state index in [2.05, 4.69) is 10.2 Å². The van der Waals surface area contributed by atoms with E-state index in [-0.39, 0.29) is 6.04 Å². The number of hydrogen-bond donors (Lipinski definition) is 1. The van der Waals surface area contributed by atoms with Crippen LogP contribution in [0.2, 0.25) is 0 Å². The van der Waals surface area contributed by atoms with Crippen LogP contribution >= 0.6 is 0 Å². The molecule has 0 bridgehead atoms. The third-order valence-electron chi connectivity index (χ3n) is 2.31. The first kappa shape index (κ1) is 10.8. The first-order valence-corrected chi connectivity index (χ1v) is 4.46. The number of halogens is 3. The van der Waals surface area contributed by atoms with Crippen molar-refractivity contribution < 1.29 is 13.2 Å². The Labute approximate surface area is 76.1 Å². The van der Waals surface area contributed by atoms with Gasteiger partial charge in [-0.3, -0.25) is 0 Å². The highest BCUT2D eigenvalue weighted by Gasteiger charge is 2.28. The Morgan fingerprint density at radius 1 is 1.31 bits per heavy atom. The van der Waals surface area contributed by atoms with Crippen molar-refractivity contribution in [2.75, 3.05) is 26.7 Å². The first-order valence-electron chi connectivity index (χ1n) is 4.46. The summed E-state index contributed by atoms with van der Waals surface area (Å²) in [6, 6.07) is 0.0397. The number of hydrogen-bond acceptors (Lipinski definition) is 2. The maximum Gasteiger partial charge on any atom is 0.401 e. The summed E-state index contributed by atoms with van der Waals surface area (Å²) in [6.07, 6.45) is -2.46. The Bertz CT molecular complexity index is 150. The number of rotatable bonds is 2. The third-order valence-corrected chi connectivity index (χ3v) is 2.31. The van der Waals surface area contributed by atoms with Gasteiger partial charge in [-0.1, -0.05) is 0 Å². The fourth-order valence-corrected chi connectivity index (χ4v) is 1.47. The SMILES string of the molecule is CN1CCC(NCC(F)(F)F)CC1. The lowest BCUT2D eigenvalue weighted by Gasteiger charge is -2.29. The van der Waals surface area contributed by atoms with Crippen LogP contribution in [0.5, 0.6) is 0 Å². The van der Waals surface area contributed by atoms with E-state index >= 15 is 0 Å². The van der Waals surface area contributed by atoms with Gasteiger partial charge in [0.2, 0.25) is 0 Å². The average Bonchev–Trinajstić information content (AvgIpc) is 2.02. The summed E-state index contributed by atoms with van der Waals surface area (Å²) in [5, 5.41) is 2.53. The van der Waals surface area contributed by atoms with E-state index in [1.54, 1.807) is 0 Å². The lowest BCUT2D eigenvalue weighted by Crippen LogP contribution is -2.44. The summed E-state index contributed by atoms with van der Waals surface area (Å²) in [4.78, 5) is 2.13. The van der Waals surface area contributed by atoms with Crippen LogP contribution in [0.1, 0.15) is 12.8 Å². The van der Waals surface area contributed by atoms with Crippen molar-refractivity contribution in [1.29, 1.82) is 0 Å². The molecule has 0 amide bonds. The van der Waals surface area contributed by atoms with E-state index in [9.17, 15) is 13.2 Å². The monoisotopic (exact) mass is 196 g/mol. The maximum absolute atomic E-state index is 11.8. The molecule has 1 heterocycles. The normalized spacial score (nSPS) is 22.2. The summed E-state index contributed by atoms with van der Waals surface area (Å²) in [5.41, 5.74) is 0. The molecule has 0 radical (unpaired) electrons. The van der Waals surface area contributed by atoms with E-state index in [4.69, 9.17) is 0 Å². The number of piperidine rings is 1. The van der Waals surface area contributed by atoms with Crippen molar-refractivity contribution in [3.8, 4) is 0 Å². The van der Waals surface area contributed by atoms with Gasteiger partial charge in [0.25, 0.3) is 0 Å². The molecule has 1 aliphatic rings. The van der Waals surface area contributed by atoms with E-state index in [0.717, 1.165) is 25.9 Å². The van der Waals surface area contributed by atoms with Crippen LogP contribution < -0.4 is 5.32 Å². The van der Waals surface area contributed by atoms with Crippen LogP contribution in [0.25, 0.3) is 0 Å². The van der Waals surface area contributed by atoms with Gasteiger partial charge in [-0.15, -0.1) is 0 Å². The van der Waals surface area contributed by atoms with Gasteiger partial charge >= 0.3 is 6.18 Å². The summed E-state index contributed by atoms with van der Waals surface area (Å²) in [6.45, 7) is 0.909. The van der Waals surface area contributed by atoms with Gasteiger partial charge < -0.3 is 10.2 Å². The van der Waals surface area contributed by atoms with E-state index in [1.807, 2.05) is 7.05 Å². The molecule has 13 heavy (non-hydrogen) atoms. The number of nitrogens with zero attached hydrogens (tertiary/aromatic N) is 1. The van der Waals surface area contributed by atoms with Gasteiger partial charge in [0.05, 0.1) is 6.54 Å². The van der Waals surface area contributed by atoms with E-state index in [0.29, 0.717) is 0 Å². The quantitative estimate of drug-likeness (QED) is 0.714. The van der Waals surface area contributed by atoms with Gasteiger partial charge in [-0.2, -0.15) is 13.2 Å². The minimum absolute atomic E-state index is 0.0397. The molecule has 0 aromatic heterocycles. The highest BCUT2D eigenvalue weighted by atomic mass is 19.4. The fraction of sp³-hybridized carbons (Fsp3) is 1.00. The Morgan fingerprint density at radius 2 is 1.85 bits per heavy atom. The second kappa shape index (κ2) is 4.28. The molecule has 0 atom stereocenters. The maximum atomic E-state index is 11.8. The van der Waals surface area contributed by atoms with E-state index in [1.165, 1.54) is 0 Å². The van der Waals surface area contributed by atoms with Crippen LogP contribution in [0.3, 0.4) is 0 Å². The topological polar surface area (TPSA) is 15.3 Å². The zero-order chi connectivity index (χ0) is 9.90. The molecule has 78 valence electrons. The molecule has 2 nitrogen and oxygen atoms in total. The molecule has 1 rings (SSSR count). The smallest absolute Gasteiger partial charge is 0.306 e. The molecule has 0 aromatic rings. The molecule has 0 saturated carbocycles. The van der Waals surface area contributed by atoms with Crippen LogP contribution in [0.4, 0.5) is 13.2 Å². The molecular weight excluding hydrogens is 181 g/mol. The molecule has 0 spiro atoms. The Hall–Kier alpha value is -0.290. The number of nitrogens with one attached hydrogen (secondary N) is 1. The molecule has 0 aliphatic carbocycles. The Balaban J connectivity index is 2.16. The van der Waals surface area contributed by atoms with Gasteiger partial charge in [0.15, 0.2) is 0 Å². The number of likely N-dealkylation sites (tertiary alicyclic amines) is 1. The first-order chi connectivity index (χ1) is 5.97. The fourth-order valence-electron chi connectivity index (χ4n) is 1.47. The van der Waals surface area contributed by atoms with E-state index < -0.39 is 12.7 Å². The molecule has 0 aromatic carbocycles. The van der Waals surface area contributed by atoms with Gasteiger partial charge in [0, 0.05) is 6.04 Å². The van der Waals surface area contributed by atoms with Crippen molar-refractivity contribution in [3.05, 3.63) is 0 Å². The zero-order valence-corrected chi connectivity index (χ0v) is 7.69. The molecule has 5 heteroatoms. The molecule has 1 saturated heterocycles. The van der Waals surface area contributed by atoms with Crippen LogP contribution in [0.15, 0.2) is 0 Å². The molecule has 1 N–H and O–H groups in total. The van der Waals surface area contributed by atoms with Crippen LogP contribution in [-0.4, -0.2) is 43.8 Å².